The third-order valence-corrected chi connectivity index (χ3v) is 3.03. The monoisotopic (exact) mass is 314 g/mol. The van der Waals surface area contributed by atoms with Crippen LogP contribution in [0, 0.1) is 10.1 Å². The van der Waals surface area contributed by atoms with E-state index in [1.165, 1.54) is 23.9 Å². The predicted octanol–water partition coefficient (Wildman–Crippen LogP) is 2.19. The quantitative estimate of drug-likeness (QED) is 0.370. The van der Waals surface area contributed by atoms with Crippen molar-refractivity contribution in [3.8, 4) is 0 Å². The summed E-state index contributed by atoms with van der Waals surface area (Å²) in [5.74, 6) is 0.425. The summed E-state index contributed by atoms with van der Waals surface area (Å²) in [5, 5.41) is 13.8. The fourth-order valence-electron chi connectivity index (χ4n) is 1.31. The summed E-state index contributed by atoms with van der Waals surface area (Å²) >= 11 is 1.33. The smallest absolute Gasteiger partial charge is 0.407 e. The molecule has 0 fully saturated rings. The van der Waals surface area contributed by atoms with Crippen molar-refractivity contribution in [1.29, 1.82) is 0 Å². The van der Waals surface area contributed by atoms with E-state index in [9.17, 15) is 14.9 Å². The minimum atomic E-state index is -0.583. The molecule has 0 unspecified atom stereocenters. The molecule has 0 aliphatic heterocycles. The summed E-state index contributed by atoms with van der Waals surface area (Å²) < 4.78 is 5.08. The first-order chi connectivity index (χ1) is 9.69. The molecule has 8 nitrogen and oxygen atoms in total. The third-order valence-electron chi connectivity index (χ3n) is 2.09. The number of ether oxygens (including phenoxy) is 1. The van der Waals surface area contributed by atoms with Crippen molar-refractivity contribution in [2.75, 3.05) is 18.0 Å². The summed E-state index contributed by atoms with van der Waals surface area (Å²) in [4.78, 5) is 25.3. The molecule has 1 aromatic heterocycles. The minimum absolute atomic E-state index is 0.120. The number of aromatic nitrogens is 1. The molecule has 0 atom stereocenters. The maximum absolute atomic E-state index is 11.4. The van der Waals surface area contributed by atoms with Crippen LogP contribution < -0.4 is 11.1 Å². The molecule has 0 aliphatic rings. The van der Waals surface area contributed by atoms with E-state index in [1.54, 1.807) is 20.8 Å². The second kappa shape index (κ2) is 7.11. The molecule has 1 amide bonds. The average molecular weight is 314 g/mol. The highest BCUT2D eigenvalue weighted by atomic mass is 32.2. The predicted molar refractivity (Wildman–Crippen MR) is 80.3 cm³/mol. The molecule has 1 heterocycles. The van der Waals surface area contributed by atoms with Gasteiger partial charge in [0.25, 0.3) is 0 Å². The van der Waals surface area contributed by atoms with Gasteiger partial charge in [-0.3, -0.25) is 10.1 Å². The Hall–Kier alpha value is -2.03. The van der Waals surface area contributed by atoms with Gasteiger partial charge in [0.2, 0.25) is 5.82 Å². The summed E-state index contributed by atoms with van der Waals surface area (Å²) in [6.07, 6.45) is -0.487. The van der Waals surface area contributed by atoms with Crippen LogP contribution in [0.5, 0.6) is 0 Å². The maximum atomic E-state index is 11.4. The van der Waals surface area contributed by atoms with Crippen LogP contribution in [0.25, 0.3) is 0 Å². The number of carbonyl (C=O) groups excluding carboxylic acids is 1. The molecule has 0 bridgehead atoms. The van der Waals surface area contributed by atoms with Crippen molar-refractivity contribution in [3.63, 3.8) is 0 Å². The standard InChI is InChI=1S/C12H18N4O4S/c1-12(2,3)20-11(17)14-6-7-21-9-5-4-8(16(18)19)10(13)15-9/h4-5H,6-7H2,1-3H3,(H2,13,15)(H,14,17). The summed E-state index contributed by atoms with van der Waals surface area (Å²) in [5.41, 5.74) is 4.74. The molecule has 9 heteroatoms. The van der Waals surface area contributed by atoms with Crippen LogP contribution in [0.4, 0.5) is 16.3 Å². The number of thioether (sulfide) groups is 1. The fourth-order valence-corrected chi connectivity index (χ4v) is 2.05. The number of carbonyl (C=O) groups is 1. The maximum Gasteiger partial charge on any atom is 0.407 e. The van der Waals surface area contributed by atoms with Gasteiger partial charge >= 0.3 is 11.8 Å². The zero-order valence-corrected chi connectivity index (χ0v) is 12.9. The second-order valence-corrected chi connectivity index (χ2v) is 6.20. The number of hydrogen-bond acceptors (Lipinski definition) is 7. The van der Waals surface area contributed by atoms with Gasteiger partial charge in [0.05, 0.1) is 9.95 Å². The van der Waals surface area contributed by atoms with E-state index < -0.39 is 16.6 Å². The molecule has 0 radical (unpaired) electrons. The number of nitrogen functional groups attached to an aromatic ring is 1. The summed E-state index contributed by atoms with van der Waals surface area (Å²) in [6.45, 7) is 5.73. The molecule has 0 saturated heterocycles. The van der Waals surface area contributed by atoms with E-state index in [-0.39, 0.29) is 11.5 Å². The molecule has 1 aromatic rings. The van der Waals surface area contributed by atoms with Crippen LogP contribution in [0.3, 0.4) is 0 Å². The van der Waals surface area contributed by atoms with E-state index in [0.717, 1.165) is 0 Å². The Labute approximate surface area is 126 Å². The Morgan fingerprint density at radius 3 is 2.71 bits per heavy atom. The molecule has 0 saturated carbocycles. The zero-order valence-electron chi connectivity index (χ0n) is 12.1. The Kier molecular flexibility index (Phi) is 5.77. The van der Waals surface area contributed by atoms with Gasteiger partial charge in [-0.15, -0.1) is 11.8 Å². The van der Waals surface area contributed by atoms with Crippen LogP contribution in [-0.4, -0.2) is 33.9 Å². The fraction of sp³-hybridized carbons (Fsp3) is 0.500. The van der Waals surface area contributed by atoms with Gasteiger partial charge in [-0.2, -0.15) is 0 Å². The molecule has 3 N–H and O–H groups in total. The van der Waals surface area contributed by atoms with Crippen molar-refractivity contribution < 1.29 is 14.5 Å². The SMILES string of the molecule is CC(C)(C)OC(=O)NCCSc1ccc([N+](=O)[O-])c(N)n1. The van der Waals surface area contributed by atoms with Crippen molar-refractivity contribution in [1.82, 2.24) is 10.3 Å². The summed E-state index contributed by atoms with van der Waals surface area (Å²) in [7, 11) is 0. The number of alkyl carbamates (subject to hydrolysis) is 1. The first kappa shape index (κ1) is 17.0. The second-order valence-electron chi connectivity index (χ2n) is 5.09. The lowest BCUT2D eigenvalue weighted by molar-refractivity contribution is -0.384. The highest BCUT2D eigenvalue weighted by Gasteiger charge is 2.16. The van der Waals surface area contributed by atoms with Gasteiger partial charge in [0, 0.05) is 18.4 Å². The molecular formula is C12H18N4O4S. The number of amides is 1. The third kappa shape index (κ3) is 6.30. The van der Waals surface area contributed by atoms with E-state index in [4.69, 9.17) is 10.5 Å². The van der Waals surface area contributed by atoms with Crippen LogP contribution in [0.1, 0.15) is 20.8 Å². The van der Waals surface area contributed by atoms with Crippen LogP contribution in [0.2, 0.25) is 0 Å². The number of nitrogens with two attached hydrogens (primary N) is 1. The van der Waals surface area contributed by atoms with Crippen molar-refractivity contribution in [2.45, 2.75) is 31.4 Å². The first-order valence-electron chi connectivity index (χ1n) is 6.19. The minimum Gasteiger partial charge on any atom is -0.444 e. The van der Waals surface area contributed by atoms with Gasteiger partial charge in [-0.05, 0) is 26.8 Å². The normalized spacial score (nSPS) is 11.0. The number of rotatable bonds is 5. The number of hydrogen-bond donors (Lipinski definition) is 2. The van der Waals surface area contributed by atoms with Gasteiger partial charge in [0.15, 0.2) is 0 Å². The van der Waals surface area contributed by atoms with Crippen LogP contribution >= 0.6 is 11.8 Å². The van der Waals surface area contributed by atoms with Crippen molar-refractivity contribution in [3.05, 3.63) is 22.2 Å². The molecule has 1 rings (SSSR count). The lowest BCUT2D eigenvalue weighted by atomic mass is 10.2. The highest BCUT2D eigenvalue weighted by molar-refractivity contribution is 7.99. The number of nitrogens with one attached hydrogen (secondary N) is 1. The van der Waals surface area contributed by atoms with Crippen molar-refractivity contribution >= 4 is 29.4 Å². The molecular weight excluding hydrogens is 296 g/mol. The summed E-state index contributed by atoms with van der Waals surface area (Å²) in [6, 6.07) is 2.83. The Balaban J connectivity index is 2.38. The van der Waals surface area contributed by atoms with E-state index in [2.05, 4.69) is 10.3 Å². The number of anilines is 1. The molecule has 116 valence electrons. The highest BCUT2D eigenvalue weighted by Crippen LogP contribution is 2.23. The Morgan fingerprint density at radius 2 is 2.19 bits per heavy atom. The Morgan fingerprint density at radius 1 is 1.52 bits per heavy atom. The molecule has 0 aromatic carbocycles. The van der Waals surface area contributed by atoms with Gasteiger partial charge < -0.3 is 15.8 Å². The number of nitrogens with zero attached hydrogens (tertiary/aromatic N) is 2. The van der Waals surface area contributed by atoms with Gasteiger partial charge in [0.1, 0.15) is 5.60 Å². The van der Waals surface area contributed by atoms with E-state index in [0.29, 0.717) is 17.3 Å². The first-order valence-corrected chi connectivity index (χ1v) is 7.18. The zero-order chi connectivity index (χ0) is 16.0. The topological polar surface area (TPSA) is 120 Å². The van der Waals surface area contributed by atoms with Gasteiger partial charge in [-0.25, -0.2) is 9.78 Å². The Bertz CT molecular complexity index is 530. The molecule has 21 heavy (non-hydrogen) atoms. The van der Waals surface area contributed by atoms with Crippen LogP contribution in [-0.2, 0) is 4.74 Å². The van der Waals surface area contributed by atoms with E-state index in [1.807, 2.05) is 0 Å². The number of nitro groups is 1. The number of pyridine rings is 1. The average Bonchev–Trinajstić information content (AvgIpc) is 2.32. The largest absolute Gasteiger partial charge is 0.444 e. The van der Waals surface area contributed by atoms with Crippen LogP contribution in [0.15, 0.2) is 17.2 Å². The van der Waals surface area contributed by atoms with Gasteiger partial charge in [-0.1, -0.05) is 0 Å². The lowest BCUT2D eigenvalue weighted by Crippen LogP contribution is -2.33. The molecule has 0 aliphatic carbocycles. The van der Waals surface area contributed by atoms with Crippen molar-refractivity contribution in [2.24, 2.45) is 0 Å². The lowest BCUT2D eigenvalue weighted by Gasteiger charge is -2.19. The molecule has 0 spiro atoms. The van der Waals surface area contributed by atoms with E-state index >= 15 is 0 Å².